The molecule has 0 saturated carbocycles. The number of anilines is 1. The summed E-state index contributed by atoms with van der Waals surface area (Å²) in [6.07, 6.45) is 1.53. The molecule has 0 atom stereocenters. The van der Waals surface area contributed by atoms with Gasteiger partial charge in [-0.3, -0.25) is 9.52 Å². The average Bonchev–Trinajstić information content (AvgIpc) is 3.16. The van der Waals surface area contributed by atoms with Gasteiger partial charge in [0.2, 0.25) is 0 Å². The van der Waals surface area contributed by atoms with E-state index >= 15 is 0 Å². The summed E-state index contributed by atoms with van der Waals surface area (Å²) < 4.78 is 33.2. The van der Waals surface area contributed by atoms with E-state index in [0.717, 1.165) is 11.3 Å². The van der Waals surface area contributed by atoms with Crippen molar-refractivity contribution in [2.24, 2.45) is 0 Å². The molecule has 0 aliphatic carbocycles. The lowest BCUT2D eigenvalue weighted by atomic mass is 10.1. The molecule has 3 aromatic rings. The maximum atomic E-state index is 12.8. The number of hydrogen-bond donors (Lipinski definition) is 3. The summed E-state index contributed by atoms with van der Waals surface area (Å²) in [6, 6.07) is 15.0. The Bertz CT molecular complexity index is 1040. The Morgan fingerprint density at radius 2 is 1.89 bits per heavy atom. The summed E-state index contributed by atoms with van der Waals surface area (Å²) in [4.78, 5) is 13.9. The van der Waals surface area contributed by atoms with Crippen LogP contribution in [0.5, 0.6) is 5.75 Å². The molecule has 0 spiro atoms. The predicted octanol–water partition coefficient (Wildman–Crippen LogP) is 3.12. The van der Waals surface area contributed by atoms with Crippen LogP contribution in [0.25, 0.3) is 11.3 Å². The zero-order valence-electron chi connectivity index (χ0n) is 14.5. The van der Waals surface area contributed by atoms with E-state index in [1.807, 2.05) is 18.3 Å². The van der Waals surface area contributed by atoms with Crippen molar-refractivity contribution in [2.75, 3.05) is 11.8 Å². The van der Waals surface area contributed by atoms with Crippen LogP contribution in [-0.2, 0) is 21.2 Å². The minimum Gasteiger partial charge on any atom is -0.495 e. The molecule has 0 unspecified atom stereocenters. The number of sulfonamides is 1. The second-order valence-corrected chi connectivity index (χ2v) is 7.47. The van der Waals surface area contributed by atoms with E-state index in [0.29, 0.717) is 11.3 Å². The number of hydrogen-bond acceptors (Lipinski definition) is 4. The molecular formula is C19H18N2O5S. The first kappa shape index (κ1) is 18.5. The lowest BCUT2D eigenvalue weighted by molar-refractivity contribution is -0.136. The number of aromatic amines is 1. The number of carboxylic acid groups (broad SMARTS) is 1. The smallest absolute Gasteiger partial charge is 0.307 e. The quantitative estimate of drug-likeness (QED) is 0.578. The van der Waals surface area contributed by atoms with E-state index in [2.05, 4.69) is 9.71 Å². The molecule has 0 radical (unpaired) electrons. The fourth-order valence-electron chi connectivity index (χ4n) is 2.65. The lowest BCUT2D eigenvalue weighted by Crippen LogP contribution is -2.15. The van der Waals surface area contributed by atoms with Gasteiger partial charge in [-0.05, 0) is 47.5 Å². The SMILES string of the molecule is COc1ccc(CC(=O)O)cc1S(=O)(=O)Nc1ccc(-c2ccc[nH]2)cc1. The molecule has 0 fully saturated rings. The van der Waals surface area contributed by atoms with Crippen LogP contribution in [0.2, 0.25) is 0 Å². The number of aliphatic carboxylic acids is 1. The number of methoxy groups -OCH3 is 1. The molecule has 2 aromatic carbocycles. The van der Waals surface area contributed by atoms with Crippen molar-refractivity contribution in [2.45, 2.75) is 11.3 Å². The van der Waals surface area contributed by atoms with E-state index in [1.165, 1.54) is 25.3 Å². The van der Waals surface area contributed by atoms with Gasteiger partial charge in [-0.2, -0.15) is 0 Å². The fraction of sp³-hybridized carbons (Fsp3) is 0.105. The molecule has 0 aliphatic rings. The molecular weight excluding hydrogens is 368 g/mol. The minimum absolute atomic E-state index is 0.114. The first-order valence-electron chi connectivity index (χ1n) is 8.04. The summed E-state index contributed by atoms with van der Waals surface area (Å²) in [6.45, 7) is 0. The summed E-state index contributed by atoms with van der Waals surface area (Å²) in [5.74, 6) is -0.906. The first-order valence-corrected chi connectivity index (χ1v) is 9.53. The van der Waals surface area contributed by atoms with Crippen LogP contribution < -0.4 is 9.46 Å². The molecule has 0 aliphatic heterocycles. The topological polar surface area (TPSA) is 108 Å². The number of ether oxygens (including phenoxy) is 1. The predicted molar refractivity (Wildman–Crippen MR) is 101 cm³/mol. The fourth-order valence-corrected chi connectivity index (χ4v) is 3.93. The third-order valence-corrected chi connectivity index (χ3v) is 5.32. The van der Waals surface area contributed by atoms with Crippen LogP contribution in [0.15, 0.2) is 65.7 Å². The normalized spacial score (nSPS) is 11.1. The molecule has 7 nitrogen and oxygen atoms in total. The lowest BCUT2D eigenvalue weighted by Gasteiger charge is -2.13. The first-order chi connectivity index (χ1) is 12.9. The van der Waals surface area contributed by atoms with Crippen molar-refractivity contribution in [3.8, 4) is 17.0 Å². The molecule has 1 aromatic heterocycles. The molecule has 0 bridgehead atoms. The van der Waals surface area contributed by atoms with Crippen LogP contribution in [0, 0.1) is 0 Å². The molecule has 3 N–H and O–H groups in total. The van der Waals surface area contributed by atoms with Gasteiger partial charge in [0.1, 0.15) is 10.6 Å². The molecule has 8 heteroatoms. The third-order valence-electron chi connectivity index (χ3n) is 3.92. The van der Waals surface area contributed by atoms with Crippen LogP contribution in [0.1, 0.15) is 5.56 Å². The number of rotatable bonds is 7. The Hall–Kier alpha value is -3.26. The van der Waals surface area contributed by atoms with E-state index in [1.54, 1.807) is 24.3 Å². The highest BCUT2D eigenvalue weighted by Gasteiger charge is 2.21. The van der Waals surface area contributed by atoms with Crippen LogP contribution in [0.4, 0.5) is 5.69 Å². The van der Waals surface area contributed by atoms with Gasteiger partial charge in [0.25, 0.3) is 10.0 Å². The summed E-state index contributed by atoms with van der Waals surface area (Å²) in [5.41, 5.74) is 2.60. The maximum absolute atomic E-state index is 12.8. The van der Waals surface area contributed by atoms with E-state index in [9.17, 15) is 13.2 Å². The Morgan fingerprint density at radius 1 is 1.15 bits per heavy atom. The van der Waals surface area contributed by atoms with Gasteiger partial charge < -0.3 is 14.8 Å². The van der Waals surface area contributed by atoms with Crippen LogP contribution >= 0.6 is 0 Å². The standard InChI is InChI=1S/C19H18N2O5S/c1-26-17-9-4-13(12-19(22)23)11-18(17)27(24,25)21-15-7-5-14(6-8-15)16-3-2-10-20-16/h2-11,20-21H,12H2,1H3,(H,22,23). The highest BCUT2D eigenvalue weighted by Crippen LogP contribution is 2.28. The summed E-state index contributed by atoms with van der Waals surface area (Å²) in [7, 11) is -2.60. The van der Waals surface area contributed by atoms with Gasteiger partial charge in [-0.25, -0.2) is 8.42 Å². The molecule has 140 valence electrons. The summed E-state index contributed by atoms with van der Waals surface area (Å²) >= 11 is 0. The molecule has 27 heavy (non-hydrogen) atoms. The Balaban J connectivity index is 1.89. The van der Waals surface area contributed by atoms with Crippen molar-refractivity contribution in [1.82, 2.24) is 4.98 Å². The van der Waals surface area contributed by atoms with Crippen molar-refractivity contribution in [3.63, 3.8) is 0 Å². The Morgan fingerprint density at radius 3 is 2.48 bits per heavy atom. The maximum Gasteiger partial charge on any atom is 0.307 e. The third kappa shape index (κ3) is 4.29. The summed E-state index contributed by atoms with van der Waals surface area (Å²) in [5, 5.41) is 8.93. The number of carbonyl (C=O) groups is 1. The number of nitrogens with one attached hydrogen (secondary N) is 2. The number of H-pyrrole nitrogens is 1. The van der Waals surface area contributed by atoms with Crippen LogP contribution in [0.3, 0.4) is 0 Å². The number of carboxylic acids is 1. The molecule has 1 heterocycles. The van der Waals surface area contributed by atoms with Crippen LogP contribution in [-0.4, -0.2) is 31.6 Å². The highest BCUT2D eigenvalue weighted by molar-refractivity contribution is 7.92. The zero-order valence-corrected chi connectivity index (χ0v) is 15.3. The molecule has 0 saturated heterocycles. The van der Waals surface area contributed by atoms with Gasteiger partial charge in [0.05, 0.1) is 13.5 Å². The second kappa shape index (κ2) is 7.55. The highest BCUT2D eigenvalue weighted by atomic mass is 32.2. The van der Waals surface area contributed by atoms with E-state index < -0.39 is 16.0 Å². The minimum atomic E-state index is -3.96. The zero-order chi connectivity index (χ0) is 19.4. The second-order valence-electron chi connectivity index (χ2n) is 5.82. The van der Waals surface area contributed by atoms with Gasteiger partial charge in [-0.15, -0.1) is 0 Å². The van der Waals surface area contributed by atoms with Gasteiger partial charge >= 0.3 is 5.97 Å². The van der Waals surface area contributed by atoms with Crippen molar-refractivity contribution in [3.05, 3.63) is 66.4 Å². The molecule has 0 amide bonds. The van der Waals surface area contributed by atoms with Crippen molar-refractivity contribution >= 4 is 21.7 Å². The van der Waals surface area contributed by atoms with E-state index in [-0.39, 0.29) is 17.1 Å². The van der Waals surface area contributed by atoms with Gasteiger partial charge in [0, 0.05) is 17.6 Å². The van der Waals surface area contributed by atoms with Gasteiger partial charge in [0.15, 0.2) is 0 Å². The monoisotopic (exact) mass is 386 g/mol. The van der Waals surface area contributed by atoms with Gasteiger partial charge in [-0.1, -0.05) is 18.2 Å². The Kier molecular flexibility index (Phi) is 5.18. The Labute approximate surface area is 156 Å². The van der Waals surface area contributed by atoms with Crippen molar-refractivity contribution < 1.29 is 23.1 Å². The molecule has 3 rings (SSSR count). The number of aromatic nitrogens is 1. The van der Waals surface area contributed by atoms with E-state index in [4.69, 9.17) is 9.84 Å². The average molecular weight is 386 g/mol. The largest absolute Gasteiger partial charge is 0.495 e. The van der Waals surface area contributed by atoms with Crippen molar-refractivity contribution in [1.29, 1.82) is 0 Å². The number of benzene rings is 2.